The maximum atomic E-state index is 12.4. The van der Waals surface area contributed by atoms with E-state index < -0.39 is 23.6 Å². The molecule has 0 saturated heterocycles. The zero-order valence-electron chi connectivity index (χ0n) is 8.80. The average molecular weight is 217 g/mol. The van der Waals surface area contributed by atoms with Gasteiger partial charge in [0.05, 0.1) is 11.8 Å². The lowest BCUT2D eigenvalue weighted by atomic mass is 10.1. The van der Waals surface area contributed by atoms with E-state index in [0.717, 1.165) is 6.26 Å². The van der Waals surface area contributed by atoms with E-state index in [0.29, 0.717) is 0 Å². The van der Waals surface area contributed by atoms with Gasteiger partial charge in [0.2, 0.25) is 0 Å². The summed E-state index contributed by atoms with van der Waals surface area (Å²) < 4.78 is 29.3. The molecule has 0 aliphatic carbocycles. The number of carbonyl (C=O) groups excluding carboxylic acids is 1. The first-order valence-electron chi connectivity index (χ1n) is 4.49. The fraction of sp³-hybridized carbons (Fsp3) is 0.500. The monoisotopic (exact) mass is 217 g/mol. The first kappa shape index (κ1) is 11.7. The third-order valence-corrected chi connectivity index (χ3v) is 1.63. The van der Waals surface area contributed by atoms with E-state index >= 15 is 0 Å². The van der Waals surface area contributed by atoms with Crippen LogP contribution < -0.4 is 5.32 Å². The lowest BCUT2D eigenvalue weighted by molar-refractivity contribution is 0.0888. The molecule has 84 valence electrons. The standard InChI is InChI=1S/C10H13F2NO2/c1-10(2,3)13-9(14)6-4-5-15-7(6)8(11)12/h4-5,8H,1-3H3,(H,13,14). The zero-order chi connectivity index (χ0) is 11.6. The molecule has 0 atom stereocenters. The number of nitrogens with one attached hydrogen (secondary N) is 1. The Balaban J connectivity index is 2.87. The Bertz CT molecular complexity index is 353. The molecule has 0 aliphatic heterocycles. The molecule has 0 spiro atoms. The molecule has 1 aromatic rings. The molecule has 0 radical (unpaired) electrons. The third-order valence-electron chi connectivity index (χ3n) is 1.63. The summed E-state index contributed by atoms with van der Waals surface area (Å²) >= 11 is 0. The molecular formula is C10H13F2NO2. The smallest absolute Gasteiger partial charge is 0.296 e. The number of hydrogen-bond donors (Lipinski definition) is 1. The largest absolute Gasteiger partial charge is 0.462 e. The molecule has 0 unspecified atom stereocenters. The fourth-order valence-corrected chi connectivity index (χ4v) is 1.09. The van der Waals surface area contributed by atoms with Crippen LogP contribution in [-0.2, 0) is 0 Å². The van der Waals surface area contributed by atoms with Crippen LogP contribution in [0.5, 0.6) is 0 Å². The Labute approximate surface area is 86.5 Å². The minimum absolute atomic E-state index is 0.111. The summed E-state index contributed by atoms with van der Waals surface area (Å²) in [7, 11) is 0. The fourth-order valence-electron chi connectivity index (χ4n) is 1.09. The van der Waals surface area contributed by atoms with Crippen LogP contribution in [0.25, 0.3) is 0 Å². The Morgan fingerprint density at radius 1 is 1.47 bits per heavy atom. The molecule has 3 nitrogen and oxygen atoms in total. The molecule has 5 heteroatoms. The summed E-state index contributed by atoms with van der Waals surface area (Å²) in [5.41, 5.74) is -0.576. The van der Waals surface area contributed by atoms with Crippen LogP contribution in [0.3, 0.4) is 0 Å². The lowest BCUT2D eigenvalue weighted by Crippen LogP contribution is -2.40. The van der Waals surface area contributed by atoms with Crippen LogP contribution in [0.1, 0.15) is 43.3 Å². The predicted octanol–water partition coefficient (Wildman–Crippen LogP) is 2.75. The Morgan fingerprint density at radius 3 is 2.53 bits per heavy atom. The van der Waals surface area contributed by atoms with Crippen molar-refractivity contribution in [2.75, 3.05) is 0 Å². The van der Waals surface area contributed by atoms with Crippen LogP contribution >= 0.6 is 0 Å². The number of halogens is 2. The molecule has 1 aromatic heterocycles. The number of amides is 1. The Morgan fingerprint density at radius 2 is 2.07 bits per heavy atom. The van der Waals surface area contributed by atoms with Gasteiger partial charge in [-0.2, -0.15) is 0 Å². The second kappa shape index (κ2) is 4.00. The average Bonchev–Trinajstić information content (AvgIpc) is 2.47. The van der Waals surface area contributed by atoms with E-state index in [2.05, 4.69) is 9.73 Å². The van der Waals surface area contributed by atoms with Crippen molar-refractivity contribution in [1.82, 2.24) is 5.32 Å². The van der Waals surface area contributed by atoms with E-state index in [1.807, 2.05) is 0 Å². The molecule has 0 aromatic carbocycles. The quantitative estimate of drug-likeness (QED) is 0.827. The SMILES string of the molecule is CC(C)(C)NC(=O)c1ccoc1C(F)F. The first-order valence-corrected chi connectivity index (χ1v) is 4.49. The highest BCUT2D eigenvalue weighted by Crippen LogP contribution is 2.24. The van der Waals surface area contributed by atoms with Gasteiger partial charge in [-0.25, -0.2) is 8.78 Å². The maximum absolute atomic E-state index is 12.4. The third kappa shape index (κ3) is 3.04. The zero-order valence-corrected chi connectivity index (χ0v) is 8.80. The van der Waals surface area contributed by atoms with Crippen molar-refractivity contribution in [2.24, 2.45) is 0 Å². The topological polar surface area (TPSA) is 42.2 Å². The predicted molar refractivity (Wildman–Crippen MR) is 50.9 cm³/mol. The lowest BCUT2D eigenvalue weighted by Gasteiger charge is -2.20. The van der Waals surface area contributed by atoms with Gasteiger partial charge in [-0.05, 0) is 26.8 Å². The van der Waals surface area contributed by atoms with Crippen molar-refractivity contribution >= 4 is 5.91 Å². The molecule has 15 heavy (non-hydrogen) atoms. The molecule has 0 aliphatic rings. The summed E-state index contributed by atoms with van der Waals surface area (Å²) in [6.07, 6.45) is -1.69. The van der Waals surface area contributed by atoms with Gasteiger partial charge in [0, 0.05) is 5.54 Å². The van der Waals surface area contributed by atoms with Gasteiger partial charge < -0.3 is 9.73 Å². The Hall–Kier alpha value is -1.39. The first-order chi connectivity index (χ1) is 6.81. The van der Waals surface area contributed by atoms with Crippen molar-refractivity contribution in [3.63, 3.8) is 0 Å². The molecule has 0 bridgehead atoms. The van der Waals surface area contributed by atoms with Gasteiger partial charge in [0.1, 0.15) is 0 Å². The van der Waals surface area contributed by atoms with Crippen LogP contribution in [0, 0.1) is 0 Å². The summed E-state index contributed by atoms with van der Waals surface area (Å²) in [5.74, 6) is -1.14. The van der Waals surface area contributed by atoms with Crippen LogP contribution in [0.4, 0.5) is 8.78 Å². The van der Waals surface area contributed by atoms with Crippen molar-refractivity contribution < 1.29 is 18.0 Å². The van der Waals surface area contributed by atoms with Crippen LogP contribution in [0.2, 0.25) is 0 Å². The number of rotatable bonds is 2. The summed E-state index contributed by atoms with van der Waals surface area (Å²) in [6, 6.07) is 1.24. The second-order valence-electron chi connectivity index (χ2n) is 4.20. The molecular weight excluding hydrogens is 204 g/mol. The second-order valence-corrected chi connectivity index (χ2v) is 4.20. The van der Waals surface area contributed by atoms with E-state index in [-0.39, 0.29) is 5.56 Å². The van der Waals surface area contributed by atoms with Crippen molar-refractivity contribution in [3.05, 3.63) is 23.7 Å². The number of hydrogen-bond acceptors (Lipinski definition) is 2. The summed E-state index contributed by atoms with van der Waals surface area (Å²) in [6.45, 7) is 5.31. The van der Waals surface area contributed by atoms with Gasteiger partial charge in [-0.15, -0.1) is 0 Å². The van der Waals surface area contributed by atoms with Gasteiger partial charge >= 0.3 is 0 Å². The molecule has 1 rings (SSSR count). The van der Waals surface area contributed by atoms with Gasteiger partial charge in [0.25, 0.3) is 12.3 Å². The van der Waals surface area contributed by atoms with E-state index in [9.17, 15) is 13.6 Å². The minimum atomic E-state index is -2.78. The molecule has 1 N–H and O–H groups in total. The van der Waals surface area contributed by atoms with Gasteiger partial charge in [0.15, 0.2) is 5.76 Å². The highest BCUT2D eigenvalue weighted by molar-refractivity contribution is 5.95. The molecule has 0 saturated carbocycles. The minimum Gasteiger partial charge on any atom is -0.462 e. The summed E-state index contributed by atoms with van der Waals surface area (Å²) in [5, 5.41) is 2.58. The number of carbonyl (C=O) groups is 1. The van der Waals surface area contributed by atoms with Crippen molar-refractivity contribution in [3.8, 4) is 0 Å². The van der Waals surface area contributed by atoms with E-state index in [1.165, 1.54) is 6.07 Å². The van der Waals surface area contributed by atoms with Crippen molar-refractivity contribution in [2.45, 2.75) is 32.7 Å². The van der Waals surface area contributed by atoms with Crippen LogP contribution in [-0.4, -0.2) is 11.4 Å². The molecule has 1 amide bonds. The van der Waals surface area contributed by atoms with Crippen LogP contribution in [0.15, 0.2) is 16.7 Å². The highest BCUT2D eigenvalue weighted by Gasteiger charge is 2.24. The summed E-state index contributed by atoms with van der Waals surface area (Å²) in [4.78, 5) is 11.5. The molecule has 1 heterocycles. The Kier molecular flexibility index (Phi) is 3.12. The highest BCUT2D eigenvalue weighted by atomic mass is 19.3. The van der Waals surface area contributed by atoms with Crippen molar-refractivity contribution in [1.29, 1.82) is 0 Å². The normalized spacial score (nSPS) is 11.9. The van der Waals surface area contributed by atoms with E-state index in [1.54, 1.807) is 20.8 Å². The van der Waals surface area contributed by atoms with Gasteiger partial charge in [-0.3, -0.25) is 4.79 Å². The van der Waals surface area contributed by atoms with E-state index in [4.69, 9.17) is 0 Å². The maximum Gasteiger partial charge on any atom is 0.296 e. The van der Waals surface area contributed by atoms with Gasteiger partial charge in [-0.1, -0.05) is 0 Å². The number of alkyl halides is 2. The number of furan rings is 1. The molecule has 0 fully saturated rings.